The van der Waals surface area contributed by atoms with Crippen molar-refractivity contribution in [3.05, 3.63) is 46.1 Å². The molecule has 1 aliphatic rings. The van der Waals surface area contributed by atoms with Crippen molar-refractivity contribution in [2.45, 2.75) is 46.0 Å². The van der Waals surface area contributed by atoms with Crippen molar-refractivity contribution in [3.63, 3.8) is 0 Å². The van der Waals surface area contributed by atoms with Crippen LogP contribution >= 0.6 is 11.3 Å². The Morgan fingerprint density at radius 2 is 2.04 bits per heavy atom. The van der Waals surface area contributed by atoms with Crippen LogP contribution in [0.15, 0.2) is 24.5 Å². The van der Waals surface area contributed by atoms with Crippen molar-refractivity contribution >= 4 is 33.1 Å². The highest BCUT2D eigenvalue weighted by Gasteiger charge is 2.20. The molecule has 1 aromatic carbocycles. The van der Waals surface area contributed by atoms with Gasteiger partial charge >= 0.3 is 0 Å². The molecule has 1 amide bonds. The summed E-state index contributed by atoms with van der Waals surface area (Å²) < 4.78 is 5.83. The van der Waals surface area contributed by atoms with E-state index in [9.17, 15) is 4.79 Å². The summed E-state index contributed by atoms with van der Waals surface area (Å²) in [5, 5.41) is 3.93. The minimum atomic E-state index is -0.184. The van der Waals surface area contributed by atoms with Gasteiger partial charge in [0.2, 0.25) is 5.88 Å². The minimum absolute atomic E-state index is 0.0654. The summed E-state index contributed by atoms with van der Waals surface area (Å²) in [4.78, 5) is 23.5. The number of ether oxygens (including phenoxy) is 1. The number of aryl methyl sites for hydroxylation is 3. The third kappa shape index (κ3) is 3.67. The maximum absolute atomic E-state index is 12.4. The van der Waals surface area contributed by atoms with Crippen molar-refractivity contribution in [3.8, 4) is 5.88 Å². The standard InChI is InChI=1S/C21H23N3O2S/c1-13-7-6-9-16(14(13)2)24-18(25)11-26-20-19-15-8-4-3-5-10-17(15)27-21(19)23-12-22-20/h6-7,9,12H,3-5,8,10-11H2,1-2H3,(H,24,25). The van der Waals surface area contributed by atoms with Crippen LogP contribution in [0.25, 0.3) is 10.2 Å². The summed E-state index contributed by atoms with van der Waals surface area (Å²) in [6, 6.07) is 5.87. The molecule has 0 radical (unpaired) electrons. The van der Waals surface area contributed by atoms with Crippen molar-refractivity contribution in [2.24, 2.45) is 0 Å². The van der Waals surface area contributed by atoms with Gasteiger partial charge in [-0.05, 0) is 62.3 Å². The van der Waals surface area contributed by atoms with Crippen molar-refractivity contribution in [1.29, 1.82) is 0 Å². The van der Waals surface area contributed by atoms with Crippen LogP contribution in [0.2, 0.25) is 0 Å². The quantitative estimate of drug-likeness (QED) is 0.671. The molecule has 5 nitrogen and oxygen atoms in total. The molecule has 2 aromatic heterocycles. The highest BCUT2D eigenvalue weighted by Crippen LogP contribution is 2.38. The summed E-state index contributed by atoms with van der Waals surface area (Å²) >= 11 is 1.74. The van der Waals surface area contributed by atoms with Crippen molar-refractivity contribution in [2.75, 3.05) is 11.9 Å². The molecule has 3 aromatic rings. The molecular weight excluding hydrogens is 358 g/mol. The van der Waals surface area contributed by atoms with E-state index < -0.39 is 0 Å². The number of carbonyl (C=O) groups is 1. The predicted octanol–water partition coefficient (Wildman–Crippen LogP) is 4.59. The number of nitrogens with zero attached hydrogens (tertiary/aromatic N) is 2. The van der Waals surface area contributed by atoms with Gasteiger partial charge in [0.15, 0.2) is 6.61 Å². The lowest BCUT2D eigenvalue weighted by Crippen LogP contribution is -2.21. The Labute approximate surface area is 162 Å². The van der Waals surface area contributed by atoms with E-state index in [0.29, 0.717) is 5.88 Å². The molecule has 27 heavy (non-hydrogen) atoms. The summed E-state index contributed by atoms with van der Waals surface area (Å²) in [6.45, 7) is 3.96. The van der Waals surface area contributed by atoms with Gasteiger partial charge in [-0.25, -0.2) is 9.97 Å². The first-order valence-corrected chi connectivity index (χ1v) is 10.2. The van der Waals surface area contributed by atoms with Crippen LogP contribution in [0, 0.1) is 13.8 Å². The normalized spacial score (nSPS) is 13.9. The molecule has 6 heteroatoms. The monoisotopic (exact) mass is 381 g/mol. The zero-order chi connectivity index (χ0) is 18.8. The molecule has 0 saturated carbocycles. The number of aromatic nitrogens is 2. The average Bonchev–Trinajstić information content (AvgIpc) is 2.86. The zero-order valence-electron chi connectivity index (χ0n) is 15.7. The Morgan fingerprint density at radius 1 is 1.19 bits per heavy atom. The number of fused-ring (bicyclic) bond motifs is 3. The number of nitrogens with one attached hydrogen (secondary N) is 1. The number of carbonyl (C=O) groups excluding carboxylic acids is 1. The van der Waals surface area contributed by atoms with Gasteiger partial charge in [0.05, 0.1) is 5.39 Å². The van der Waals surface area contributed by atoms with Crippen LogP contribution in [-0.4, -0.2) is 22.5 Å². The van der Waals surface area contributed by atoms with Gasteiger partial charge in [-0.15, -0.1) is 11.3 Å². The molecule has 2 heterocycles. The molecular formula is C21H23N3O2S. The van der Waals surface area contributed by atoms with E-state index in [-0.39, 0.29) is 12.5 Å². The van der Waals surface area contributed by atoms with Gasteiger partial charge in [-0.2, -0.15) is 0 Å². The third-order valence-corrected chi connectivity index (χ3v) is 6.39. The molecule has 1 N–H and O–H groups in total. The Balaban J connectivity index is 1.53. The maximum Gasteiger partial charge on any atom is 0.262 e. The van der Waals surface area contributed by atoms with Crippen LogP contribution in [0.4, 0.5) is 5.69 Å². The number of hydrogen-bond acceptors (Lipinski definition) is 5. The molecule has 0 fully saturated rings. The van der Waals surface area contributed by atoms with Crippen LogP contribution in [-0.2, 0) is 17.6 Å². The predicted molar refractivity (Wildman–Crippen MR) is 109 cm³/mol. The van der Waals surface area contributed by atoms with Crippen LogP contribution in [0.1, 0.15) is 40.8 Å². The molecule has 0 unspecified atom stereocenters. The van der Waals surface area contributed by atoms with Crippen molar-refractivity contribution < 1.29 is 9.53 Å². The smallest absolute Gasteiger partial charge is 0.262 e. The van der Waals surface area contributed by atoms with Gasteiger partial charge in [0, 0.05) is 10.6 Å². The van der Waals surface area contributed by atoms with E-state index in [1.54, 1.807) is 11.3 Å². The Bertz CT molecular complexity index is 997. The SMILES string of the molecule is Cc1cccc(NC(=O)COc2ncnc3sc4c(c23)CCCCC4)c1C. The minimum Gasteiger partial charge on any atom is -0.467 e. The Morgan fingerprint density at radius 3 is 2.93 bits per heavy atom. The lowest BCUT2D eigenvalue weighted by molar-refractivity contribution is -0.118. The molecule has 140 valence electrons. The average molecular weight is 382 g/mol. The topological polar surface area (TPSA) is 64.1 Å². The van der Waals surface area contributed by atoms with E-state index >= 15 is 0 Å². The lowest BCUT2D eigenvalue weighted by Gasteiger charge is -2.11. The van der Waals surface area contributed by atoms with Gasteiger partial charge in [0.1, 0.15) is 11.2 Å². The van der Waals surface area contributed by atoms with E-state index in [0.717, 1.165) is 39.9 Å². The van der Waals surface area contributed by atoms with Crippen LogP contribution in [0.5, 0.6) is 5.88 Å². The molecule has 1 aliphatic carbocycles. The fourth-order valence-corrected chi connectivity index (χ4v) is 4.77. The summed E-state index contributed by atoms with van der Waals surface area (Å²) in [6.07, 6.45) is 7.32. The van der Waals surface area contributed by atoms with E-state index in [1.165, 1.54) is 36.0 Å². The van der Waals surface area contributed by atoms with E-state index in [2.05, 4.69) is 15.3 Å². The van der Waals surface area contributed by atoms with E-state index in [1.807, 2.05) is 32.0 Å². The highest BCUT2D eigenvalue weighted by molar-refractivity contribution is 7.18. The zero-order valence-corrected chi connectivity index (χ0v) is 16.5. The number of thiophene rings is 1. The first-order chi connectivity index (χ1) is 13.1. The summed E-state index contributed by atoms with van der Waals surface area (Å²) in [5.74, 6) is 0.340. The lowest BCUT2D eigenvalue weighted by atomic mass is 10.1. The fraction of sp³-hybridized carbons (Fsp3) is 0.381. The number of hydrogen-bond donors (Lipinski definition) is 1. The fourth-order valence-electron chi connectivity index (χ4n) is 3.55. The maximum atomic E-state index is 12.4. The second kappa shape index (κ2) is 7.64. The van der Waals surface area contributed by atoms with Crippen LogP contribution < -0.4 is 10.1 Å². The molecule has 0 spiro atoms. The van der Waals surface area contributed by atoms with Gasteiger partial charge < -0.3 is 10.1 Å². The van der Waals surface area contributed by atoms with Gasteiger partial charge in [-0.3, -0.25) is 4.79 Å². The van der Waals surface area contributed by atoms with Gasteiger partial charge in [-0.1, -0.05) is 18.6 Å². The number of rotatable bonds is 4. The molecule has 0 aliphatic heterocycles. The molecule has 0 atom stereocenters. The first-order valence-electron chi connectivity index (χ1n) is 9.37. The molecule has 0 saturated heterocycles. The van der Waals surface area contributed by atoms with E-state index in [4.69, 9.17) is 4.74 Å². The molecule has 4 rings (SSSR count). The largest absolute Gasteiger partial charge is 0.467 e. The molecule has 0 bridgehead atoms. The Hall–Kier alpha value is -2.47. The summed E-state index contributed by atoms with van der Waals surface area (Å²) in [7, 11) is 0. The second-order valence-corrected chi connectivity index (χ2v) is 8.09. The highest BCUT2D eigenvalue weighted by atomic mass is 32.1. The van der Waals surface area contributed by atoms with Crippen molar-refractivity contribution in [1.82, 2.24) is 9.97 Å². The van der Waals surface area contributed by atoms with Gasteiger partial charge in [0.25, 0.3) is 5.91 Å². The number of amides is 1. The second-order valence-electron chi connectivity index (χ2n) is 7.01. The number of anilines is 1. The van der Waals surface area contributed by atoms with Crippen LogP contribution in [0.3, 0.4) is 0 Å². The third-order valence-electron chi connectivity index (χ3n) is 5.19. The first kappa shape index (κ1) is 17.9. The number of benzene rings is 1. The summed E-state index contributed by atoms with van der Waals surface area (Å²) in [5.41, 5.74) is 4.35. The Kier molecular flexibility index (Phi) is 5.07.